The van der Waals surface area contributed by atoms with Crippen LogP contribution < -0.4 is 0 Å². The molecule has 0 aliphatic carbocycles. The van der Waals surface area contributed by atoms with E-state index in [9.17, 15) is 8.42 Å². The minimum atomic E-state index is -3.11. The largest absolute Gasteiger partial charge is 0.378 e. The number of sulfonamides is 1. The highest BCUT2D eigenvalue weighted by molar-refractivity contribution is 7.89. The molecule has 0 aromatic rings. The number of hydrogen-bond acceptors (Lipinski definition) is 3. The lowest BCUT2D eigenvalue weighted by Gasteiger charge is -2.40. The molecule has 2 aliphatic heterocycles. The molecule has 0 aromatic carbocycles. The Bertz CT molecular complexity index is 337. The maximum Gasteiger partial charge on any atom is 0.221 e. The van der Waals surface area contributed by atoms with Crippen LogP contribution in [0.1, 0.15) is 33.1 Å². The van der Waals surface area contributed by atoms with Crippen LogP contribution in [0, 0.1) is 5.92 Å². The second kappa shape index (κ2) is 4.63. The van der Waals surface area contributed by atoms with Gasteiger partial charge in [0.15, 0.2) is 0 Å². The monoisotopic (exact) mass is 247 g/mol. The summed E-state index contributed by atoms with van der Waals surface area (Å²) in [5, 5.41) is -0.287. The molecule has 0 radical (unpaired) electrons. The molecule has 2 aliphatic rings. The molecule has 0 bridgehead atoms. The smallest absolute Gasteiger partial charge is 0.221 e. The first-order valence-electron chi connectivity index (χ1n) is 6.14. The molecule has 0 aromatic heterocycles. The summed E-state index contributed by atoms with van der Waals surface area (Å²) in [6.07, 6.45) is 3.22. The predicted octanol–water partition coefficient (Wildman–Crippen LogP) is 1.23. The molecule has 0 amide bonds. The minimum Gasteiger partial charge on any atom is -0.378 e. The van der Waals surface area contributed by atoms with E-state index in [1.165, 1.54) is 0 Å². The highest BCUT2D eigenvalue weighted by Crippen LogP contribution is 2.29. The lowest BCUT2D eigenvalue weighted by molar-refractivity contribution is 0.0373. The zero-order valence-electron chi connectivity index (χ0n) is 10.1. The number of ether oxygens (including phenoxy) is 1. The summed E-state index contributed by atoms with van der Waals surface area (Å²) in [6.45, 7) is 5.61. The average molecular weight is 247 g/mol. The summed E-state index contributed by atoms with van der Waals surface area (Å²) in [4.78, 5) is 0. The second-order valence-corrected chi connectivity index (χ2v) is 7.14. The number of nitrogens with zero attached hydrogens (tertiary/aromatic N) is 1. The molecule has 2 rings (SSSR count). The van der Waals surface area contributed by atoms with Crippen LogP contribution in [-0.4, -0.2) is 43.8 Å². The molecule has 2 fully saturated rings. The van der Waals surface area contributed by atoms with Crippen LogP contribution >= 0.6 is 0 Å². The highest BCUT2D eigenvalue weighted by atomic mass is 32.2. The second-order valence-electron chi connectivity index (χ2n) is 4.97. The number of rotatable bonds is 3. The van der Waals surface area contributed by atoms with Gasteiger partial charge in [-0.3, -0.25) is 0 Å². The first-order chi connectivity index (χ1) is 7.55. The van der Waals surface area contributed by atoms with E-state index >= 15 is 0 Å². The van der Waals surface area contributed by atoms with Crippen LogP contribution in [0.15, 0.2) is 0 Å². The van der Waals surface area contributed by atoms with Crippen LogP contribution in [0.5, 0.6) is 0 Å². The van der Waals surface area contributed by atoms with Gasteiger partial charge in [-0.15, -0.1) is 0 Å². The van der Waals surface area contributed by atoms with Crippen molar-refractivity contribution in [1.29, 1.82) is 0 Å². The van der Waals surface area contributed by atoms with Gasteiger partial charge in [-0.05, 0) is 25.7 Å². The van der Waals surface area contributed by atoms with Crippen molar-refractivity contribution < 1.29 is 13.2 Å². The van der Waals surface area contributed by atoms with Crippen LogP contribution in [-0.2, 0) is 14.8 Å². The Morgan fingerprint density at radius 3 is 2.50 bits per heavy atom. The maximum absolute atomic E-state index is 12.3. The fourth-order valence-corrected chi connectivity index (χ4v) is 4.36. The van der Waals surface area contributed by atoms with Crippen molar-refractivity contribution in [1.82, 2.24) is 4.31 Å². The Hall–Kier alpha value is -0.130. The van der Waals surface area contributed by atoms with Gasteiger partial charge < -0.3 is 4.74 Å². The van der Waals surface area contributed by atoms with Crippen molar-refractivity contribution >= 4 is 10.0 Å². The van der Waals surface area contributed by atoms with Gasteiger partial charge in [-0.25, -0.2) is 8.42 Å². The van der Waals surface area contributed by atoms with Crippen molar-refractivity contribution in [2.75, 3.05) is 19.8 Å². The molecule has 2 saturated heterocycles. The van der Waals surface area contributed by atoms with Crippen molar-refractivity contribution in [3.05, 3.63) is 0 Å². The van der Waals surface area contributed by atoms with Crippen molar-refractivity contribution in [3.8, 4) is 0 Å². The molecule has 0 N–H and O–H groups in total. The van der Waals surface area contributed by atoms with E-state index in [1.54, 1.807) is 4.31 Å². The van der Waals surface area contributed by atoms with Crippen molar-refractivity contribution in [3.63, 3.8) is 0 Å². The van der Waals surface area contributed by atoms with Crippen LogP contribution in [0.3, 0.4) is 0 Å². The lowest BCUT2D eigenvalue weighted by atomic mass is 9.93. The van der Waals surface area contributed by atoms with Crippen molar-refractivity contribution in [2.45, 2.75) is 44.4 Å². The standard InChI is InChI=1S/C11H21NO3S/c1-3-10-5-4-9(2)12(6-10)16(13,14)11-7-15-8-11/h9-11H,3-8H2,1-2H3/t9-,10+/m0/s1. The van der Waals surface area contributed by atoms with Crippen LogP contribution in [0.2, 0.25) is 0 Å². The highest BCUT2D eigenvalue weighted by Gasteiger charge is 2.41. The molecule has 0 unspecified atom stereocenters. The third-order valence-corrected chi connectivity index (χ3v) is 6.13. The maximum atomic E-state index is 12.3. The third-order valence-electron chi connectivity index (χ3n) is 3.86. The van der Waals surface area contributed by atoms with E-state index in [0.717, 1.165) is 19.3 Å². The Balaban J connectivity index is 2.11. The van der Waals surface area contributed by atoms with Gasteiger partial charge in [0, 0.05) is 12.6 Å². The average Bonchev–Trinajstić information content (AvgIpc) is 2.14. The van der Waals surface area contributed by atoms with Crippen LogP contribution in [0.4, 0.5) is 0 Å². The first-order valence-corrected chi connectivity index (χ1v) is 7.64. The SMILES string of the molecule is CC[C@@H]1CC[C@H](C)N(S(=O)(=O)C2COC2)C1. The van der Waals surface area contributed by atoms with Gasteiger partial charge in [-0.2, -0.15) is 4.31 Å². The fourth-order valence-electron chi connectivity index (χ4n) is 2.41. The zero-order valence-corrected chi connectivity index (χ0v) is 10.9. The van der Waals surface area contributed by atoms with E-state index in [0.29, 0.717) is 25.7 Å². The molecule has 0 saturated carbocycles. The van der Waals surface area contributed by atoms with Gasteiger partial charge in [0.1, 0.15) is 5.25 Å². The summed E-state index contributed by atoms with van der Waals surface area (Å²) in [7, 11) is -3.11. The molecule has 16 heavy (non-hydrogen) atoms. The van der Waals surface area contributed by atoms with Gasteiger partial charge in [-0.1, -0.05) is 13.3 Å². The molecule has 5 heteroatoms. The van der Waals surface area contributed by atoms with Gasteiger partial charge >= 0.3 is 0 Å². The number of hydrogen-bond donors (Lipinski definition) is 0. The Kier molecular flexibility index (Phi) is 3.56. The van der Waals surface area contributed by atoms with E-state index in [1.807, 2.05) is 6.92 Å². The summed E-state index contributed by atoms with van der Waals surface area (Å²) in [6, 6.07) is 0.161. The summed E-state index contributed by atoms with van der Waals surface area (Å²) < 4.78 is 31.3. The van der Waals surface area contributed by atoms with E-state index in [2.05, 4.69) is 6.92 Å². The third kappa shape index (κ3) is 2.13. The summed E-state index contributed by atoms with van der Waals surface area (Å²) in [5.41, 5.74) is 0. The predicted molar refractivity (Wildman–Crippen MR) is 62.7 cm³/mol. The van der Waals surface area contributed by atoms with Gasteiger partial charge in [0.05, 0.1) is 13.2 Å². The molecule has 2 heterocycles. The van der Waals surface area contributed by atoms with E-state index < -0.39 is 10.0 Å². The molecule has 0 spiro atoms. The molecular weight excluding hydrogens is 226 g/mol. The van der Waals surface area contributed by atoms with E-state index in [-0.39, 0.29) is 11.3 Å². The Labute approximate surface area is 98.0 Å². The summed E-state index contributed by atoms with van der Waals surface area (Å²) >= 11 is 0. The lowest BCUT2D eigenvalue weighted by Crippen LogP contribution is -2.54. The number of piperidine rings is 1. The van der Waals surface area contributed by atoms with Crippen LogP contribution in [0.25, 0.3) is 0 Å². The molecule has 2 atom stereocenters. The quantitative estimate of drug-likeness (QED) is 0.753. The molecule has 94 valence electrons. The van der Waals surface area contributed by atoms with Gasteiger partial charge in [0.25, 0.3) is 0 Å². The Morgan fingerprint density at radius 2 is 2.00 bits per heavy atom. The normalized spacial score (nSPS) is 33.6. The molecular formula is C11H21NO3S. The minimum absolute atomic E-state index is 0.161. The first kappa shape index (κ1) is 12.3. The Morgan fingerprint density at radius 1 is 1.31 bits per heavy atom. The summed E-state index contributed by atoms with van der Waals surface area (Å²) in [5.74, 6) is 0.534. The van der Waals surface area contributed by atoms with E-state index in [4.69, 9.17) is 4.74 Å². The topological polar surface area (TPSA) is 46.6 Å². The fraction of sp³-hybridized carbons (Fsp3) is 1.00. The zero-order chi connectivity index (χ0) is 11.8. The van der Waals surface area contributed by atoms with Crippen molar-refractivity contribution in [2.24, 2.45) is 5.92 Å². The molecule has 4 nitrogen and oxygen atoms in total. The van der Waals surface area contributed by atoms with Gasteiger partial charge in [0.2, 0.25) is 10.0 Å².